The van der Waals surface area contributed by atoms with E-state index >= 15 is 0 Å². The predicted octanol–water partition coefficient (Wildman–Crippen LogP) is 1.62. The number of guanidine groups is 1. The monoisotopic (exact) mass is 385 g/mol. The zero-order valence-electron chi connectivity index (χ0n) is 16.3. The molecule has 148 valence electrons. The number of nitrogens with one attached hydrogen (secondary N) is 2. The zero-order valence-corrected chi connectivity index (χ0v) is 17.1. The molecule has 0 saturated carbocycles. The molecule has 1 atom stereocenters. The first-order chi connectivity index (χ1) is 12.3. The van der Waals surface area contributed by atoms with Gasteiger partial charge in [-0.1, -0.05) is 6.07 Å². The van der Waals surface area contributed by atoms with E-state index < -0.39 is 9.84 Å². The molecule has 0 amide bonds. The molecule has 1 unspecified atom stereocenters. The van der Waals surface area contributed by atoms with Crippen LogP contribution in [0.1, 0.15) is 25.3 Å². The van der Waals surface area contributed by atoms with Gasteiger partial charge in [-0.3, -0.25) is 4.99 Å². The number of benzene rings is 1. The summed E-state index contributed by atoms with van der Waals surface area (Å²) in [7, 11) is 2.01. The summed E-state index contributed by atoms with van der Waals surface area (Å²) in [5.41, 5.74) is 1.17. The molecule has 0 aliphatic heterocycles. The molecule has 7 nitrogen and oxygen atoms in total. The van der Waals surface area contributed by atoms with Crippen LogP contribution in [0, 0.1) is 0 Å². The topological polar surface area (TPSA) is 89.0 Å². The SMILES string of the molecule is CN=C(NCCCc1ccc(OC)c(OC)c1)NC(C)CCS(C)(=O)=O. The van der Waals surface area contributed by atoms with E-state index in [1.807, 2.05) is 25.1 Å². The first kappa shape index (κ1) is 22.1. The average Bonchev–Trinajstić information content (AvgIpc) is 2.61. The fourth-order valence-corrected chi connectivity index (χ4v) is 3.21. The maximum Gasteiger partial charge on any atom is 0.191 e. The Morgan fingerprint density at radius 3 is 2.50 bits per heavy atom. The number of rotatable bonds is 10. The number of sulfone groups is 1. The van der Waals surface area contributed by atoms with Gasteiger partial charge in [-0.25, -0.2) is 8.42 Å². The minimum atomic E-state index is -2.94. The molecule has 0 spiro atoms. The molecule has 0 aliphatic rings. The molecule has 1 aromatic rings. The highest BCUT2D eigenvalue weighted by Crippen LogP contribution is 2.27. The van der Waals surface area contributed by atoms with Crippen LogP contribution in [0.3, 0.4) is 0 Å². The standard InChI is InChI=1S/C18H31N3O4S/c1-14(10-12-26(5,22)23)21-18(19-2)20-11-6-7-15-8-9-16(24-3)17(13-15)25-4/h8-9,13-14H,6-7,10-12H2,1-5H3,(H2,19,20,21). The Kier molecular flexibility index (Phi) is 9.26. The van der Waals surface area contributed by atoms with Crippen molar-refractivity contribution in [1.82, 2.24) is 10.6 Å². The van der Waals surface area contributed by atoms with Crippen LogP contribution < -0.4 is 20.1 Å². The van der Waals surface area contributed by atoms with Crippen molar-refractivity contribution in [3.8, 4) is 11.5 Å². The molecule has 26 heavy (non-hydrogen) atoms. The minimum Gasteiger partial charge on any atom is -0.493 e. The molecular formula is C18H31N3O4S. The van der Waals surface area contributed by atoms with Gasteiger partial charge in [-0.05, 0) is 43.9 Å². The van der Waals surface area contributed by atoms with Crippen molar-refractivity contribution in [3.05, 3.63) is 23.8 Å². The summed E-state index contributed by atoms with van der Waals surface area (Å²) in [6.07, 6.45) is 3.62. The maximum atomic E-state index is 11.2. The van der Waals surface area contributed by atoms with Gasteiger partial charge >= 0.3 is 0 Å². The van der Waals surface area contributed by atoms with Crippen LogP contribution in [0.4, 0.5) is 0 Å². The molecule has 8 heteroatoms. The maximum absolute atomic E-state index is 11.2. The van der Waals surface area contributed by atoms with Gasteiger partial charge in [0.05, 0.1) is 20.0 Å². The van der Waals surface area contributed by atoms with Gasteiger partial charge in [-0.15, -0.1) is 0 Å². The van der Waals surface area contributed by atoms with E-state index in [1.54, 1.807) is 21.3 Å². The molecule has 1 rings (SSSR count). The molecule has 0 bridgehead atoms. The third kappa shape index (κ3) is 8.42. The summed E-state index contributed by atoms with van der Waals surface area (Å²) in [4.78, 5) is 4.18. The second-order valence-electron chi connectivity index (χ2n) is 6.26. The molecular weight excluding hydrogens is 354 g/mol. The second-order valence-corrected chi connectivity index (χ2v) is 8.52. The smallest absolute Gasteiger partial charge is 0.191 e. The molecule has 0 fully saturated rings. The number of aryl methyl sites for hydroxylation is 1. The van der Waals surface area contributed by atoms with Crippen molar-refractivity contribution in [2.45, 2.75) is 32.2 Å². The van der Waals surface area contributed by atoms with Crippen LogP contribution >= 0.6 is 0 Å². The first-order valence-electron chi connectivity index (χ1n) is 8.65. The summed E-state index contributed by atoms with van der Waals surface area (Å²) in [5.74, 6) is 2.30. The normalized spacial score (nSPS) is 13.2. The van der Waals surface area contributed by atoms with E-state index in [9.17, 15) is 8.42 Å². The van der Waals surface area contributed by atoms with Gasteiger partial charge in [0, 0.05) is 25.9 Å². The Morgan fingerprint density at radius 1 is 1.23 bits per heavy atom. The predicted molar refractivity (Wildman–Crippen MR) is 106 cm³/mol. The minimum absolute atomic E-state index is 0.0294. The molecule has 0 radical (unpaired) electrons. The number of methoxy groups -OCH3 is 2. The van der Waals surface area contributed by atoms with E-state index in [-0.39, 0.29) is 11.8 Å². The molecule has 0 saturated heterocycles. The third-order valence-electron chi connectivity index (χ3n) is 3.91. The van der Waals surface area contributed by atoms with Gasteiger partial charge in [0.15, 0.2) is 17.5 Å². The van der Waals surface area contributed by atoms with Crippen LogP contribution in [-0.2, 0) is 16.3 Å². The van der Waals surface area contributed by atoms with Crippen molar-refractivity contribution in [1.29, 1.82) is 0 Å². The van der Waals surface area contributed by atoms with Crippen molar-refractivity contribution in [2.24, 2.45) is 4.99 Å². The highest BCUT2D eigenvalue weighted by Gasteiger charge is 2.09. The fourth-order valence-electron chi connectivity index (χ4n) is 2.43. The van der Waals surface area contributed by atoms with Crippen molar-refractivity contribution < 1.29 is 17.9 Å². The Balaban J connectivity index is 2.39. The number of nitrogens with zero attached hydrogens (tertiary/aromatic N) is 1. The summed E-state index contributed by atoms with van der Waals surface area (Å²) >= 11 is 0. The number of hydrogen-bond acceptors (Lipinski definition) is 5. The zero-order chi connectivity index (χ0) is 19.6. The highest BCUT2D eigenvalue weighted by molar-refractivity contribution is 7.90. The summed E-state index contributed by atoms with van der Waals surface area (Å²) in [6.45, 7) is 2.70. The van der Waals surface area contributed by atoms with Gasteiger partial charge in [-0.2, -0.15) is 0 Å². The molecule has 0 aromatic heterocycles. The largest absolute Gasteiger partial charge is 0.493 e. The fraction of sp³-hybridized carbons (Fsp3) is 0.611. The Morgan fingerprint density at radius 2 is 1.92 bits per heavy atom. The van der Waals surface area contributed by atoms with Crippen LogP contribution in [0.5, 0.6) is 11.5 Å². The lowest BCUT2D eigenvalue weighted by atomic mass is 10.1. The first-order valence-corrected chi connectivity index (χ1v) is 10.7. The summed E-state index contributed by atoms with van der Waals surface area (Å²) in [5, 5.41) is 6.46. The lowest BCUT2D eigenvalue weighted by molar-refractivity contribution is 0.354. The van der Waals surface area contributed by atoms with E-state index in [4.69, 9.17) is 9.47 Å². The van der Waals surface area contributed by atoms with E-state index in [1.165, 1.54) is 11.8 Å². The number of hydrogen-bond donors (Lipinski definition) is 2. The summed E-state index contributed by atoms with van der Waals surface area (Å²) < 4.78 is 33.0. The number of ether oxygens (including phenoxy) is 2. The second kappa shape index (κ2) is 10.9. The quantitative estimate of drug-likeness (QED) is 0.361. The average molecular weight is 386 g/mol. The molecule has 2 N–H and O–H groups in total. The van der Waals surface area contributed by atoms with Crippen molar-refractivity contribution >= 4 is 15.8 Å². The van der Waals surface area contributed by atoms with Crippen molar-refractivity contribution in [3.63, 3.8) is 0 Å². The lowest BCUT2D eigenvalue weighted by Crippen LogP contribution is -2.43. The molecule has 0 heterocycles. The van der Waals surface area contributed by atoms with Gasteiger partial charge in [0.2, 0.25) is 0 Å². The van der Waals surface area contributed by atoms with E-state index in [2.05, 4.69) is 15.6 Å². The van der Waals surface area contributed by atoms with Crippen LogP contribution in [0.15, 0.2) is 23.2 Å². The number of aliphatic imine (C=N–C) groups is 1. The lowest BCUT2D eigenvalue weighted by Gasteiger charge is -2.17. The van der Waals surface area contributed by atoms with Crippen LogP contribution in [0.25, 0.3) is 0 Å². The van der Waals surface area contributed by atoms with Gasteiger partial charge < -0.3 is 20.1 Å². The Hall–Kier alpha value is -1.96. The van der Waals surface area contributed by atoms with E-state index in [0.717, 1.165) is 30.9 Å². The van der Waals surface area contributed by atoms with Gasteiger partial charge in [0.1, 0.15) is 9.84 Å². The van der Waals surface area contributed by atoms with Crippen molar-refractivity contribution in [2.75, 3.05) is 39.8 Å². The van der Waals surface area contributed by atoms with E-state index in [0.29, 0.717) is 12.4 Å². The third-order valence-corrected chi connectivity index (χ3v) is 4.89. The molecule has 1 aromatic carbocycles. The van der Waals surface area contributed by atoms with Crippen LogP contribution in [-0.4, -0.2) is 60.2 Å². The Bertz CT molecular complexity index is 690. The van der Waals surface area contributed by atoms with Crippen LogP contribution in [0.2, 0.25) is 0 Å². The summed E-state index contributed by atoms with van der Waals surface area (Å²) in [6, 6.07) is 5.95. The van der Waals surface area contributed by atoms with Gasteiger partial charge in [0.25, 0.3) is 0 Å². The highest BCUT2D eigenvalue weighted by atomic mass is 32.2. The molecule has 0 aliphatic carbocycles. The Labute approximate surface area is 157 Å².